The van der Waals surface area contributed by atoms with E-state index < -0.39 is 0 Å². The van der Waals surface area contributed by atoms with E-state index in [0.29, 0.717) is 0 Å². The zero-order valence-corrected chi connectivity index (χ0v) is 48.2. The molecule has 0 saturated carbocycles. The number of fused-ring (bicyclic) bond motifs is 17. The minimum atomic E-state index is -0.301. The molecule has 0 aliphatic heterocycles. The lowest BCUT2D eigenvalue weighted by atomic mass is 9.80. The summed E-state index contributed by atoms with van der Waals surface area (Å²) in [5.74, 6) is 0. The fraction of sp³-hybridized carbons (Fsp3) is 0.0345. The average molecular weight is 1100 g/mol. The van der Waals surface area contributed by atoms with E-state index in [0.717, 1.165) is 0 Å². The van der Waals surface area contributed by atoms with E-state index >= 15 is 0 Å². The maximum atomic E-state index is 2.54. The monoisotopic (exact) mass is 1100 g/mol. The Balaban J connectivity index is 0.807. The number of benzene rings is 16. The second kappa shape index (κ2) is 18.1. The molecule has 3 aliphatic carbocycles. The van der Waals surface area contributed by atoms with Crippen LogP contribution < -0.4 is 0 Å². The number of rotatable bonds is 6. The van der Waals surface area contributed by atoms with Gasteiger partial charge in [-0.15, -0.1) is 0 Å². The largest absolute Gasteiger partial charge is 0.0622 e. The first-order chi connectivity index (χ1) is 42.9. The smallest absolute Gasteiger partial charge is 0.0159 e. The van der Waals surface area contributed by atoms with Crippen LogP contribution in [-0.2, 0) is 5.41 Å². The molecule has 0 aromatic heterocycles. The van der Waals surface area contributed by atoms with Gasteiger partial charge in [-0.1, -0.05) is 257 Å². The molecule has 402 valence electrons. The molecule has 0 N–H and O–H groups in total. The van der Waals surface area contributed by atoms with Gasteiger partial charge in [-0.05, 0) is 247 Å². The summed E-state index contributed by atoms with van der Waals surface area (Å²) in [5, 5.41) is 15.5. The van der Waals surface area contributed by atoms with Crippen LogP contribution in [0.2, 0.25) is 0 Å². The lowest BCUT2D eigenvalue weighted by Crippen LogP contribution is -2.15. The molecular formula is C87H54. The molecule has 0 spiro atoms. The third-order valence-corrected chi connectivity index (χ3v) is 20.1. The van der Waals surface area contributed by atoms with E-state index in [2.05, 4.69) is 305 Å². The molecule has 3 aliphatic rings. The van der Waals surface area contributed by atoms with Gasteiger partial charge in [0.05, 0.1) is 0 Å². The summed E-state index contributed by atoms with van der Waals surface area (Å²) < 4.78 is 0. The zero-order chi connectivity index (χ0) is 57.2. The van der Waals surface area contributed by atoms with E-state index in [1.165, 1.54) is 198 Å². The van der Waals surface area contributed by atoms with Gasteiger partial charge in [0.1, 0.15) is 0 Å². The Bertz CT molecular complexity index is 5320. The van der Waals surface area contributed by atoms with Crippen LogP contribution in [0.5, 0.6) is 0 Å². The molecular weight excluding hydrogens is 1040 g/mol. The Hall–Kier alpha value is -10.9. The molecule has 0 radical (unpaired) electrons. The van der Waals surface area contributed by atoms with Crippen molar-refractivity contribution < 1.29 is 0 Å². The van der Waals surface area contributed by atoms with Crippen molar-refractivity contribution >= 4 is 64.6 Å². The third-order valence-electron chi connectivity index (χ3n) is 20.1. The fourth-order valence-electron chi connectivity index (χ4n) is 16.0. The van der Waals surface area contributed by atoms with E-state index in [1.54, 1.807) is 0 Å². The molecule has 19 rings (SSSR count). The standard InChI is InChI=1S/C87H54/c1-87(2)81-45-57(71-47-77-69-41-39-59(53-23-11-5-12-24-53)83-67-29-17-15-27-61(67)79(85(69)83)49-75(77)63-35-31-55(43-73(63)71)51-19-7-3-8-20-51)33-37-65(81)66-38-34-58(46-82(66)87)72-48-78-70-42-40-60(54-25-13-6-14-26-54)84-68-30-18-16-28-62(68)80(86(70)84)50-76(78)64-36-32-56(44-74(64)72)52-21-9-4-10-22-52/h3-50H,1-2H3. The molecule has 16 aromatic carbocycles. The van der Waals surface area contributed by atoms with Crippen LogP contribution >= 0.6 is 0 Å². The van der Waals surface area contributed by atoms with Crippen molar-refractivity contribution in [3.8, 4) is 122 Å². The van der Waals surface area contributed by atoms with Crippen molar-refractivity contribution in [3.05, 3.63) is 302 Å². The minimum absolute atomic E-state index is 0.301. The van der Waals surface area contributed by atoms with Crippen LogP contribution in [0.3, 0.4) is 0 Å². The second-order valence-electron chi connectivity index (χ2n) is 24.9. The highest BCUT2D eigenvalue weighted by molar-refractivity contribution is 6.32. The van der Waals surface area contributed by atoms with Gasteiger partial charge < -0.3 is 0 Å². The highest BCUT2D eigenvalue weighted by Gasteiger charge is 2.37. The molecule has 0 heterocycles. The Morgan fingerprint density at radius 1 is 0.172 bits per heavy atom. The van der Waals surface area contributed by atoms with Crippen LogP contribution in [0, 0.1) is 0 Å². The van der Waals surface area contributed by atoms with Crippen LogP contribution in [-0.4, -0.2) is 0 Å². The van der Waals surface area contributed by atoms with Gasteiger partial charge in [0.2, 0.25) is 0 Å². The number of hydrogen-bond acceptors (Lipinski definition) is 0. The van der Waals surface area contributed by atoms with Crippen LogP contribution in [0.4, 0.5) is 0 Å². The van der Waals surface area contributed by atoms with Crippen LogP contribution in [0.1, 0.15) is 25.0 Å². The van der Waals surface area contributed by atoms with Gasteiger partial charge in [-0.3, -0.25) is 0 Å². The molecule has 0 saturated heterocycles. The highest BCUT2D eigenvalue weighted by atomic mass is 14.4. The van der Waals surface area contributed by atoms with Gasteiger partial charge in [-0.25, -0.2) is 0 Å². The van der Waals surface area contributed by atoms with Gasteiger partial charge in [-0.2, -0.15) is 0 Å². The predicted molar refractivity (Wildman–Crippen MR) is 371 cm³/mol. The van der Waals surface area contributed by atoms with Crippen LogP contribution in [0.25, 0.3) is 187 Å². The van der Waals surface area contributed by atoms with Crippen molar-refractivity contribution in [2.75, 3.05) is 0 Å². The van der Waals surface area contributed by atoms with Crippen molar-refractivity contribution in [1.82, 2.24) is 0 Å². The first-order valence-electron chi connectivity index (χ1n) is 30.6. The van der Waals surface area contributed by atoms with Gasteiger partial charge >= 0.3 is 0 Å². The zero-order valence-electron chi connectivity index (χ0n) is 48.2. The third kappa shape index (κ3) is 6.90. The van der Waals surface area contributed by atoms with Gasteiger partial charge in [0.25, 0.3) is 0 Å². The molecule has 0 amide bonds. The summed E-state index contributed by atoms with van der Waals surface area (Å²) in [6.45, 7) is 4.90. The summed E-state index contributed by atoms with van der Waals surface area (Å²) in [6.07, 6.45) is 0. The van der Waals surface area contributed by atoms with Gasteiger partial charge in [0.15, 0.2) is 0 Å². The predicted octanol–water partition coefficient (Wildman–Crippen LogP) is 24.2. The molecule has 0 fully saturated rings. The lowest BCUT2D eigenvalue weighted by molar-refractivity contribution is 0.661. The van der Waals surface area contributed by atoms with E-state index in [4.69, 9.17) is 0 Å². The van der Waals surface area contributed by atoms with Crippen molar-refractivity contribution in [1.29, 1.82) is 0 Å². The van der Waals surface area contributed by atoms with Crippen LogP contribution in [0.15, 0.2) is 291 Å². The summed E-state index contributed by atoms with van der Waals surface area (Å²) in [5.41, 5.74) is 30.5. The van der Waals surface area contributed by atoms with Crippen molar-refractivity contribution in [3.63, 3.8) is 0 Å². The maximum absolute atomic E-state index is 2.54. The quantitative estimate of drug-likeness (QED) is 0.146. The van der Waals surface area contributed by atoms with Gasteiger partial charge in [0, 0.05) is 5.41 Å². The summed E-state index contributed by atoms with van der Waals surface area (Å²) in [4.78, 5) is 0. The summed E-state index contributed by atoms with van der Waals surface area (Å²) in [7, 11) is 0. The lowest BCUT2D eigenvalue weighted by Gasteiger charge is -2.23. The molecule has 16 aromatic rings. The first kappa shape index (κ1) is 48.5. The topological polar surface area (TPSA) is 0 Å². The molecule has 87 heavy (non-hydrogen) atoms. The Labute approximate surface area is 505 Å². The van der Waals surface area contributed by atoms with Crippen molar-refractivity contribution in [2.24, 2.45) is 0 Å². The Morgan fingerprint density at radius 3 is 0.908 bits per heavy atom. The molecule has 0 atom stereocenters. The molecule has 0 nitrogen and oxygen atoms in total. The highest BCUT2D eigenvalue weighted by Crippen LogP contribution is 2.58. The number of hydrogen-bond donors (Lipinski definition) is 0. The Kier molecular flexibility index (Phi) is 10.1. The maximum Gasteiger partial charge on any atom is 0.0159 e. The normalized spacial score (nSPS) is 13.0. The van der Waals surface area contributed by atoms with E-state index in [1.807, 2.05) is 0 Å². The first-order valence-corrected chi connectivity index (χ1v) is 30.6. The SMILES string of the molecule is CC1(C)c2cc(-c3cc4c5ccc(-c6ccccc6)c6c5c(cc4c4ccc(-c5ccccc5)cc34)-c3ccccc3-6)ccc2-c2ccc(-c3cc4c5ccc(-c6ccccc6)c6c5c(cc4c4ccc(-c5ccccc5)cc34)-c3ccccc3-6)cc21. The molecule has 0 heteroatoms. The fourth-order valence-corrected chi connectivity index (χ4v) is 16.0. The second-order valence-corrected chi connectivity index (χ2v) is 24.9. The Morgan fingerprint density at radius 2 is 0.494 bits per heavy atom. The molecule has 0 unspecified atom stereocenters. The summed E-state index contributed by atoms with van der Waals surface area (Å²) >= 11 is 0. The minimum Gasteiger partial charge on any atom is -0.0622 e. The average Bonchev–Trinajstić information content (AvgIpc) is 1.78. The summed E-state index contributed by atoms with van der Waals surface area (Å²) in [6, 6.07) is 110. The van der Waals surface area contributed by atoms with E-state index in [-0.39, 0.29) is 5.41 Å². The molecule has 0 bridgehead atoms. The van der Waals surface area contributed by atoms with Crippen molar-refractivity contribution in [2.45, 2.75) is 19.3 Å². The van der Waals surface area contributed by atoms with E-state index in [9.17, 15) is 0 Å².